The number of hydrogen-bond acceptors (Lipinski definition) is 1. The van der Waals surface area contributed by atoms with E-state index in [-0.39, 0.29) is 29.6 Å². The van der Waals surface area contributed by atoms with Crippen LogP contribution in [0, 0.1) is 0 Å². The van der Waals surface area contributed by atoms with Gasteiger partial charge in [0.2, 0.25) is 0 Å². The first-order chi connectivity index (χ1) is 12.3. The molecule has 0 radical (unpaired) electrons. The minimum atomic E-state index is 0. The number of hydrogen-bond donors (Lipinski definition) is 0. The fourth-order valence-corrected chi connectivity index (χ4v) is 2.94. The third-order valence-corrected chi connectivity index (χ3v) is 4.31. The van der Waals surface area contributed by atoms with Gasteiger partial charge in [0.1, 0.15) is 0 Å². The summed E-state index contributed by atoms with van der Waals surface area (Å²) in [5.41, 5.74) is 4.24. The molecule has 0 aliphatic heterocycles. The summed E-state index contributed by atoms with van der Waals surface area (Å²) in [6.07, 6.45) is 9.39. The van der Waals surface area contributed by atoms with Gasteiger partial charge in [0.25, 0.3) is 0 Å². The van der Waals surface area contributed by atoms with Crippen LogP contribution < -0.4 is 0 Å². The molecule has 0 bridgehead atoms. The second-order valence-electron chi connectivity index (χ2n) is 6.32. The topological polar surface area (TPSA) is 9.23 Å². The van der Waals surface area contributed by atoms with Crippen LogP contribution in [0.15, 0.2) is 54.6 Å². The molecule has 0 fully saturated rings. The minimum absolute atomic E-state index is 0. The average molecular weight is 365 g/mol. The van der Waals surface area contributed by atoms with Crippen molar-refractivity contribution in [3.05, 3.63) is 60.2 Å². The molecule has 2 rings (SSSR count). The summed E-state index contributed by atoms with van der Waals surface area (Å²) in [7, 11) is 0. The molecule has 0 heterocycles. The fraction of sp³-hybridized carbons (Fsp3) is 0.500. The van der Waals surface area contributed by atoms with Gasteiger partial charge in [-0.15, -0.1) is 0 Å². The van der Waals surface area contributed by atoms with Crippen molar-refractivity contribution in [2.75, 3.05) is 13.2 Å². The summed E-state index contributed by atoms with van der Waals surface area (Å²) >= 11 is 0. The Balaban J connectivity index is 0.000000923. The Labute approximate surface area is 183 Å². The molecule has 0 spiro atoms. The first kappa shape index (κ1) is 25.4. The Kier molecular flexibility index (Phi) is 17.4. The normalized spacial score (nSPS) is 9.81. The molecule has 0 saturated carbocycles. The van der Waals surface area contributed by atoms with E-state index < -0.39 is 0 Å². The summed E-state index contributed by atoms with van der Waals surface area (Å²) in [5, 5.41) is 0. The third kappa shape index (κ3) is 11.2. The van der Waals surface area contributed by atoms with Crippen LogP contribution in [0.25, 0.3) is 11.1 Å². The van der Waals surface area contributed by atoms with E-state index in [1.165, 1.54) is 61.6 Å². The zero-order valence-electron chi connectivity index (χ0n) is 16.5. The first-order valence-corrected chi connectivity index (χ1v) is 10.0. The zero-order valence-corrected chi connectivity index (χ0v) is 16.5. The Bertz CT molecular complexity index is 537. The van der Waals surface area contributed by atoms with Crippen LogP contribution >= 0.6 is 0 Å². The summed E-state index contributed by atoms with van der Waals surface area (Å²) in [4.78, 5) is 0. The van der Waals surface area contributed by atoms with Gasteiger partial charge in [-0.05, 0) is 43.4 Å². The summed E-state index contributed by atoms with van der Waals surface area (Å²) < 4.78 is 4.83. The van der Waals surface area contributed by atoms with Crippen molar-refractivity contribution in [3.63, 3.8) is 0 Å². The van der Waals surface area contributed by atoms with Crippen LogP contribution in [0.5, 0.6) is 0 Å². The Morgan fingerprint density at radius 3 is 1.85 bits per heavy atom. The number of rotatable bonds is 10. The predicted octanol–water partition coefficient (Wildman–Crippen LogP) is 6.65. The van der Waals surface area contributed by atoms with Gasteiger partial charge in [0.05, 0.1) is 0 Å². The van der Waals surface area contributed by atoms with Crippen molar-refractivity contribution in [3.8, 4) is 11.1 Å². The molecule has 26 heavy (non-hydrogen) atoms. The van der Waals surface area contributed by atoms with Gasteiger partial charge in [-0.1, -0.05) is 93.6 Å². The molecule has 140 valence electrons. The second-order valence-corrected chi connectivity index (χ2v) is 6.32. The zero-order chi connectivity index (χ0) is 18.2. The number of benzene rings is 2. The molecule has 0 atom stereocenters. The summed E-state index contributed by atoms with van der Waals surface area (Å²) in [5.74, 6) is 0. The van der Waals surface area contributed by atoms with Crippen LogP contribution in [0.3, 0.4) is 0 Å². The van der Waals surface area contributed by atoms with E-state index in [4.69, 9.17) is 4.74 Å². The van der Waals surface area contributed by atoms with E-state index in [2.05, 4.69) is 61.5 Å². The molecule has 0 saturated heterocycles. The molecule has 0 aliphatic carbocycles. The third-order valence-electron chi connectivity index (χ3n) is 4.31. The second kappa shape index (κ2) is 17.8. The molecule has 2 aromatic carbocycles. The van der Waals surface area contributed by atoms with E-state index in [0.29, 0.717) is 0 Å². The molecule has 2 heteroatoms. The summed E-state index contributed by atoms with van der Waals surface area (Å²) in [6.45, 7) is 7.94. The molecule has 0 amide bonds. The molecule has 2 aromatic rings. The van der Waals surface area contributed by atoms with Crippen LogP contribution in [0.1, 0.15) is 64.9 Å². The fourth-order valence-electron chi connectivity index (χ4n) is 2.94. The Hall–Kier alpha value is -0.600. The number of aryl methyl sites for hydroxylation is 1. The van der Waals surface area contributed by atoms with Gasteiger partial charge in [-0.2, -0.15) is 0 Å². The molecule has 0 aromatic heterocycles. The van der Waals surface area contributed by atoms with Crippen LogP contribution in [-0.2, 0) is 11.2 Å². The Morgan fingerprint density at radius 2 is 1.23 bits per heavy atom. The van der Waals surface area contributed by atoms with E-state index in [1.54, 1.807) is 0 Å². The molecule has 1 nitrogen and oxygen atoms in total. The van der Waals surface area contributed by atoms with Gasteiger partial charge in [0, 0.05) is 13.2 Å². The van der Waals surface area contributed by atoms with E-state index in [0.717, 1.165) is 13.2 Å². The number of ether oxygens (including phenoxy) is 1. The van der Waals surface area contributed by atoms with Gasteiger partial charge in [-0.3, -0.25) is 0 Å². The average Bonchev–Trinajstić information content (AvgIpc) is 2.67. The van der Waals surface area contributed by atoms with Gasteiger partial charge < -0.3 is 4.74 Å². The van der Waals surface area contributed by atoms with Crippen molar-refractivity contribution < 1.29 is 4.74 Å². The van der Waals surface area contributed by atoms with Crippen molar-refractivity contribution in [2.24, 2.45) is 0 Å². The van der Waals surface area contributed by atoms with Crippen molar-refractivity contribution >= 4 is 29.6 Å². The van der Waals surface area contributed by atoms with Gasteiger partial charge in [-0.25, -0.2) is 0 Å². The molecule has 0 unspecified atom stereocenters. The van der Waals surface area contributed by atoms with E-state index >= 15 is 0 Å². The monoisotopic (exact) mass is 364 g/mol. The quantitative estimate of drug-likeness (QED) is 0.339. The van der Waals surface area contributed by atoms with Gasteiger partial charge in [0.15, 0.2) is 0 Å². The predicted molar refractivity (Wildman–Crippen MR) is 118 cm³/mol. The Morgan fingerprint density at radius 1 is 0.654 bits per heavy atom. The van der Waals surface area contributed by atoms with Crippen LogP contribution in [0.4, 0.5) is 0 Å². The maximum absolute atomic E-state index is 4.83. The van der Waals surface area contributed by atoms with Crippen molar-refractivity contribution in [2.45, 2.75) is 65.7 Å². The summed E-state index contributed by atoms with van der Waals surface area (Å²) in [6, 6.07) is 19.6. The van der Waals surface area contributed by atoms with E-state index in [1.807, 2.05) is 13.8 Å². The molecular formula is C24H37NaO. The van der Waals surface area contributed by atoms with Crippen molar-refractivity contribution in [1.29, 1.82) is 0 Å². The maximum atomic E-state index is 4.83. The molecular weight excluding hydrogens is 327 g/mol. The van der Waals surface area contributed by atoms with Crippen LogP contribution in [0.2, 0.25) is 0 Å². The van der Waals surface area contributed by atoms with Crippen molar-refractivity contribution in [1.82, 2.24) is 0 Å². The molecule has 0 N–H and O–H groups in total. The van der Waals surface area contributed by atoms with Crippen LogP contribution in [-0.4, -0.2) is 42.8 Å². The first-order valence-electron chi connectivity index (χ1n) is 10.0. The van der Waals surface area contributed by atoms with Gasteiger partial charge >= 0.3 is 29.6 Å². The standard InChI is InChI=1S/C20H26.C4H10O.Na.H/c1-2-3-4-5-6-8-13-19-16-11-12-17-20(19)18-14-9-7-10-15-18;1-3-5-4-2;;/h7,9-12,14-17H,2-6,8,13H2,1H3;3-4H2,1-2H3;;. The van der Waals surface area contributed by atoms with E-state index in [9.17, 15) is 0 Å². The SMILES string of the molecule is CCCCCCCCc1ccccc1-c1ccccc1.CCOCC.[NaH]. The number of unbranched alkanes of at least 4 members (excludes halogenated alkanes) is 5. The molecule has 0 aliphatic rings.